The highest BCUT2D eigenvalue weighted by Gasteiger charge is 2.50. The average molecular weight is 653 g/mol. The van der Waals surface area contributed by atoms with Crippen LogP contribution in [0.3, 0.4) is 0 Å². The van der Waals surface area contributed by atoms with Gasteiger partial charge in [0.2, 0.25) is 5.78 Å². The number of aliphatic hydroxyl groups excluding tert-OH is 1. The Bertz CT molecular complexity index is 1490. The fourth-order valence-corrected chi connectivity index (χ4v) is 7.06. The number of benzene rings is 2. The van der Waals surface area contributed by atoms with Gasteiger partial charge in [0, 0.05) is 66.8 Å². The smallest absolute Gasteiger partial charge is 0.202 e. The first-order valence-corrected chi connectivity index (χ1v) is 15.4. The van der Waals surface area contributed by atoms with Crippen molar-refractivity contribution in [1.82, 2.24) is 4.90 Å². The van der Waals surface area contributed by atoms with Crippen molar-refractivity contribution in [2.24, 2.45) is 0 Å². The zero-order valence-corrected chi connectivity index (χ0v) is 26.0. The maximum absolute atomic E-state index is 13.8. The van der Waals surface area contributed by atoms with E-state index in [4.69, 9.17) is 37.4 Å². The molecule has 0 radical (unpaired) electrons. The van der Waals surface area contributed by atoms with Crippen LogP contribution in [0.1, 0.15) is 75.8 Å². The molecule has 1 saturated heterocycles. The number of carbonyl (C=O) groups excluding carboxylic acids is 3. The zero-order chi connectivity index (χ0) is 32.1. The molecule has 6 atom stereocenters. The summed E-state index contributed by atoms with van der Waals surface area (Å²) in [6.45, 7) is 3.74. The predicted molar refractivity (Wildman–Crippen MR) is 159 cm³/mol. The molecule has 2 aliphatic carbocycles. The number of carbonyl (C=O) groups is 3. The Labute approximate surface area is 264 Å². The van der Waals surface area contributed by atoms with Crippen LogP contribution in [0, 0.1) is 0 Å². The van der Waals surface area contributed by atoms with Gasteiger partial charge in [-0.05, 0) is 19.9 Å². The third kappa shape index (κ3) is 5.38. The summed E-state index contributed by atoms with van der Waals surface area (Å²) in [5, 5.41) is 45.5. The number of Topliss-reactive ketones (excluding diaryl/α,β-unsaturated/α-hetero) is 1. The van der Waals surface area contributed by atoms with Gasteiger partial charge in [0.25, 0.3) is 0 Å². The standard InChI is InChI=1S/C31H35Cl2NO10/c1-14-26(36)18(34(9-7-32)10-8-33)11-21(43-14)44-20-13-31(41,15(2)35)12-17-23(20)30(40)25-24(28(17)38)27(37)16-5-4-6-19(42-3)22(16)29(25)39/h4-6,14,18,20-21,26,36,38,40-41H,7-13H2,1-3H3/t14?,18?,20-,21?,26?,31-/m0/s1. The number of ketones is 3. The van der Waals surface area contributed by atoms with Crippen molar-refractivity contribution < 1.29 is 49.0 Å². The lowest BCUT2D eigenvalue weighted by Gasteiger charge is -2.45. The average Bonchev–Trinajstić information content (AvgIpc) is 2.98. The highest BCUT2D eigenvalue weighted by Crippen LogP contribution is 2.52. The van der Waals surface area contributed by atoms with Crippen LogP contribution >= 0.6 is 23.2 Å². The van der Waals surface area contributed by atoms with Crippen molar-refractivity contribution >= 4 is 40.6 Å². The number of alkyl halides is 2. The number of halogens is 2. The van der Waals surface area contributed by atoms with Crippen molar-refractivity contribution in [3.05, 3.63) is 51.6 Å². The van der Waals surface area contributed by atoms with Crippen LogP contribution in [0.2, 0.25) is 0 Å². The first-order chi connectivity index (χ1) is 20.9. The number of rotatable bonds is 9. The lowest BCUT2D eigenvalue weighted by Crippen LogP contribution is -2.56. The van der Waals surface area contributed by atoms with E-state index in [1.807, 2.05) is 4.90 Å². The van der Waals surface area contributed by atoms with Crippen LogP contribution in [0.25, 0.3) is 0 Å². The molecule has 0 spiro atoms. The number of hydrogen-bond donors (Lipinski definition) is 4. The minimum absolute atomic E-state index is 0.0189. The molecule has 1 aliphatic heterocycles. The lowest BCUT2D eigenvalue weighted by molar-refractivity contribution is -0.258. The molecule has 0 amide bonds. The second-order valence-electron chi connectivity index (χ2n) is 11.5. The molecule has 5 rings (SSSR count). The Balaban J connectivity index is 1.61. The Hall–Kier alpha value is -2.77. The van der Waals surface area contributed by atoms with E-state index < -0.39 is 82.6 Å². The first-order valence-electron chi connectivity index (χ1n) is 14.3. The van der Waals surface area contributed by atoms with E-state index >= 15 is 0 Å². The molecule has 0 aromatic heterocycles. The third-order valence-corrected chi connectivity index (χ3v) is 9.27. The molecule has 13 heteroatoms. The maximum atomic E-state index is 13.8. The summed E-state index contributed by atoms with van der Waals surface area (Å²) in [6.07, 6.45) is -4.49. The zero-order valence-electron chi connectivity index (χ0n) is 24.5. The molecule has 4 unspecified atom stereocenters. The van der Waals surface area contributed by atoms with E-state index in [1.165, 1.54) is 32.2 Å². The quantitative estimate of drug-likeness (QED) is 0.199. The Morgan fingerprint density at radius 1 is 1.09 bits per heavy atom. The molecular formula is C31H35Cl2NO10. The first kappa shape index (κ1) is 32.6. The fourth-order valence-electron chi connectivity index (χ4n) is 6.62. The number of ether oxygens (including phenoxy) is 3. The summed E-state index contributed by atoms with van der Waals surface area (Å²) >= 11 is 12.0. The van der Waals surface area contributed by atoms with Gasteiger partial charge < -0.3 is 34.6 Å². The van der Waals surface area contributed by atoms with E-state index in [0.717, 1.165) is 0 Å². The van der Waals surface area contributed by atoms with E-state index in [9.17, 15) is 34.8 Å². The molecule has 238 valence electrons. The van der Waals surface area contributed by atoms with Crippen molar-refractivity contribution in [2.75, 3.05) is 32.0 Å². The summed E-state index contributed by atoms with van der Waals surface area (Å²) in [7, 11) is 1.34. The second-order valence-corrected chi connectivity index (χ2v) is 12.2. The van der Waals surface area contributed by atoms with E-state index in [0.29, 0.717) is 24.8 Å². The highest BCUT2D eigenvalue weighted by atomic mass is 35.5. The second kappa shape index (κ2) is 12.6. The number of hydrogen-bond acceptors (Lipinski definition) is 11. The number of nitrogens with zero attached hydrogens (tertiary/aromatic N) is 1. The molecule has 11 nitrogen and oxygen atoms in total. The van der Waals surface area contributed by atoms with E-state index in [-0.39, 0.29) is 40.8 Å². The number of phenolic OH excluding ortho intramolecular Hbond substituents is 2. The highest BCUT2D eigenvalue weighted by molar-refractivity contribution is 6.31. The minimum atomic E-state index is -2.03. The SMILES string of the molecule is COc1cccc2c1C(=O)c1c(O)c3c(c(O)c1C2=O)C[C@@](O)(C(C)=O)C[C@@H]3OC1CC(N(CCCl)CCCl)C(O)C(C)O1. The maximum Gasteiger partial charge on any atom is 0.202 e. The normalized spacial score (nSPS) is 28.0. The molecule has 4 N–H and O–H groups in total. The number of methoxy groups -OCH3 is 1. The summed E-state index contributed by atoms with van der Waals surface area (Å²) in [5.41, 5.74) is -3.08. The number of aliphatic hydroxyl groups is 2. The predicted octanol–water partition coefficient (Wildman–Crippen LogP) is 2.85. The van der Waals surface area contributed by atoms with Crippen LogP contribution in [-0.4, -0.2) is 105 Å². The molecule has 0 saturated carbocycles. The molecule has 3 aliphatic rings. The number of phenols is 2. The van der Waals surface area contributed by atoms with Crippen molar-refractivity contribution in [1.29, 1.82) is 0 Å². The van der Waals surface area contributed by atoms with Crippen molar-refractivity contribution in [2.45, 2.75) is 69.4 Å². The van der Waals surface area contributed by atoms with E-state index in [1.54, 1.807) is 6.92 Å². The van der Waals surface area contributed by atoms with Gasteiger partial charge in [0.05, 0.1) is 42.1 Å². The Morgan fingerprint density at radius 2 is 1.75 bits per heavy atom. The summed E-state index contributed by atoms with van der Waals surface area (Å²) in [5.74, 6) is -2.61. The van der Waals surface area contributed by atoms with Gasteiger partial charge in [-0.15, -0.1) is 23.2 Å². The van der Waals surface area contributed by atoms with Gasteiger partial charge in [0.15, 0.2) is 17.9 Å². The van der Waals surface area contributed by atoms with Gasteiger partial charge >= 0.3 is 0 Å². The van der Waals surface area contributed by atoms with Gasteiger partial charge in [-0.25, -0.2) is 0 Å². The fraction of sp³-hybridized carbons (Fsp3) is 0.516. The number of aromatic hydroxyl groups is 2. The van der Waals surface area contributed by atoms with Gasteiger partial charge in [-0.3, -0.25) is 19.3 Å². The van der Waals surface area contributed by atoms with Crippen molar-refractivity contribution in [3.8, 4) is 17.2 Å². The molecule has 0 bridgehead atoms. The largest absolute Gasteiger partial charge is 0.507 e. The lowest BCUT2D eigenvalue weighted by atomic mass is 9.72. The number of fused-ring (bicyclic) bond motifs is 3. The molecule has 2 aromatic rings. The monoisotopic (exact) mass is 651 g/mol. The van der Waals surface area contributed by atoms with Crippen LogP contribution < -0.4 is 4.74 Å². The molecular weight excluding hydrogens is 617 g/mol. The molecule has 1 heterocycles. The van der Waals surface area contributed by atoms with Gasteiger partial charge in [-0.1, -0.05) is 12.1 Å². The molecule has 1 fully saturated rings. The van der Waals surface area contributed by atoms with Crippen LogP contribution in [0.5, 0.6) is 17.2 Å². The Kier molecular flexibility index (Phi) is 9.31. The summed E-state index contributed by atoms with van der Waals surface area (Å²) < 4.78 is 17.6. The van der Waals surface area contributed by atoms with E-state index in [2.05, 4.69) is 0 Å². The van der Waals surface area contributed by atoms with Crippen LogP contribution in [0.15, 0.2) is 18.2 Å². The Morgan fingerprint density at radius 3 is 2.36 bits per heavy atom. The molecule has 2 aromatic carbocycles. The minimum Gasteiger partial charge on any atom is -0.507 e. The summed E-state index contributed by atoms with van der Waals surface area (Å²) in [6, 6.07) is 3.98. The van der Waals surface area contributed by atoms with Gasteiger partial charge in [0.1, 0.15) is 22.8 Å². The summed E-state index contributed by atoms with van der Waals surface area (Å²) in [4.78, 5) is 42.1. The molecule has 44 heavy (non-hydrogen) atoms. The third-order valence-electron chi connectivity index (χ3n) is 8.94. The van der Waals surface area contributed by atoms with Crippen LogP contribution in [-0.2, 0) is 20.7 Å². The van der Waals surface area contributed by atoms with Crippen molar-refractivity contribution in [3.63, 3.8) is 0 Å². The topological polar surface area (TPSA) is 163 Å². The van der Waals surface area contributed by atoms with Crippen LogP contribution in [0.4, 0.5) is 0 Å². The van der Waals surface area contributed by atoms with Gasteiger partial charge in [-0.2, -0.15) is 0 Å².